The number of nitrogens with two attached hydrogens (primary N) is 1. The van der Waals surface area contributed by atoms with Crippen LogP contribution in [0.25, 0.3) is 0 Å². The van der Waals surface area contributed by atoms with Crippen LogP contribution < -0.4 is 5.40 Å². The van der Waals surface area contributed by atoms with Gasteiger partial charge in [0.05, 0.1) is 0 Å². The van der Waals surface area contributed by atoms with Gasteiger partial charge in [0.1, 0.15) is 8.24 Å². The van der Waals surface area contributed by atoms with Gasteiger partial charge in [0, 0.05) is 0 Å². The normalized spacial score (nSPS) is 35.7. The van der Waals surface area contributed by atoms with E-state index in [4.69, 9.17) is 5.40 Å². The molecule has 2 heteroatoms. The first-order valence-corrected chi connectivity index (χ1v) is 17.8. The molecule has 0 saturated heterocycles. The molecule has 0 aromatic heterocycles. The molecule has 0 amide bonds. The van der Waals surface area contributed by atoms with Crippen LogP contribution in [0.2, 0.25) is 16.1 Å². The third-order valence-corrected chi connectivity index (χ3v) is 18.4. The summed E-state index contributed by atoms with van der Waals surface area (Å²) in [6.45, 7) is 0. The minimum absolute atomic E-state index is 0.609. The molecule has 1 nitrogen and oxygen atoms in total. The van der Waals surface area contributed by atoms with E-state index in [2.05, 4.69) is 0 Å². The minimum Gasteiger partial charge on any atom is -0.350 e. The van der Waals surface area contributed by atoms with Crippen molar-refractivity contribution in [2.75, 3.05) is 0 Å². The highest BCUT2D eigenvalue weighted by Gasteiger charge is 2.65. The van der Waals surface area contributed by atoms with Crippen LogP contribution in [-0.4, -0.2) is 8.24 Å². The fraction of sp³-hybridized carbons (Fsp3) is 1.00. The summed E-state index contributed by atoms with van der Waals surface area (Å²) in [6, 6.07) is 0. The maximum atomic E-state index is 8.42. The van der Waals surface area contributed by atoms with Crippen molar-refractivity contribution in [3.63, 3.8) is 0 Å². The molecule has 5 aliphatic rings. The Bertz CT molecular complexity index is 547. The molecule has 5 aliphatic carbocycles. The van der Waals surface area contributed by atoms with Gasteiger partial charge < -0.3 is 5.40 Å². The molecule has 5 saturated carbocycles. The molecule has 0 radical (unpaired) electrons. The third-order valence-electron chi connectivity index (χ3n) is 11.9. The Morgan fingerprint density at radius 3 is 1.44 bits per heavy atom. The first-order chi connectivity index (χ1) is 15.8. The summed E-state index contributed by atoms with van der Waals surface area (Å²) >= 11 is 0. The lowest BCUT2D eigenvalue weighted by Crippen LogP contribution is -2.69. The lowest BCUT2D eigenvalue weighted by Gasteiger charge is -2.65. The fourth-order valence-corrected chi connectivity index (χ4v) is 18.2. The molecule has 2 atom stereocenters. The quantitative estimate of drug-likeness (QED) is 0.408. The zero-order valence-corrected chi connectivity index (χ0v) is 22.4. The molecule has 0 spiro atoms. The first-order valence-electron chi connectivity index (χ1n) is 15.6. The van der Waals surface area contributed by atoms with Crippen LogP contribution in [0.4, 0.5) is 0 Å². The van der Waals surface area contributed by atoms with Gasteiger partial charge >= 0.3 is 0 Å². The van der Waals surface area contributed by atoms with E-state index >= 15 is 0 Å². The average molecular weight is 458 g/mol. The third kappa shape index (κ3) is 4.31. The van der Waals surface area contributed by atoms with Gasteiger partial charge in [-0.3, -0.25) is 0 Å². The van der Waals surface area contributed by atoms with E-state index in [0.29, 0.717) is 5.04 Å². The van der Waals surface area contributed by atoms with E-state index in [9.17, 15) is 0 Å². The number of hydrogen-bond donors (Lipinski definition) is 1. The molecular formula is C30H55NSi. The molecule has 5 rings (SSSR count). The van der Waals surface area contributed by atoms with Crippen molar-refractivity contribution in [1.29, 1.82) is 0 Å². The number of hydrogen-bond acceptors (Lipinski definition) is 1. The molecule has 5 fully saturated rings. The standard InChI is InChI=1S/C30H55NSi/c31-32(27-19-9-3-10-20-27,28-21-11-4-12-22-28)30(26-17-7-2-8-18-26)24-14-13-23-29(30)25-15-5-1-6-16-25/h25-29H,1-24,31H2. The van der Waals surface area contributed by atoms with Crippen molar-refractivity contribution >= 4 is 8.24 Å². The second kappa shape index (κ2) is 10.8. The Morgan fingerprint density at radius 2 is 0.906 bits per heavy atom. The summed E-state index contributed by atoms with van der Waals surface area (Å²) in [5.74, 6) is 3.05. The highest BCUT2D eigenvalue weighted by atomic mass is 28.3. The second-order valence-electron chi connectivity index (χ2n) is 13.2. The lowest BCUT2D eigenvalue weighted by molar-refractivity contribution is 0.0696. The molecule has 2 N–H and O–H groups in total. The summed E-state index contributed by atoms with van der Waals surface area (Å²) in [6.07, 6.45) is 36.5. The van der Waals surface area contributed by atoms with Crippen LogP contribution in [0.3, 0.4) is 0 Å². The molecule has 0 bridgehead atoms. The molecule has 0 heterocycles. The zero-order valence-electron chi connectivity index (χ0n) is 21.4. The van der Waals surface area contributed by atoms with E-state index in [0.717, 1.165) is 28.8 Å². The lowest BCUT2D eigenvalue weighted by atomic mass is 9.61. The Kier molecular flexibility index (Phi) is 8.10. The van der Waals surface area contributed by atoms with Crippen molar-refractivity contribution in [3.8, 4) is 0 Å². The van der Waals surface area contributed by atoms with Crippen molar-refractivity contribution in [2.24, 2.45) is 23.2 Å². The minimum atomic E-state index is -1.93. The van der Waals surface area contributed by atoms with Crippen LogP contribution in [0.1, 0.15) is 154 Å². The summed E-state index contributed by atoms with van der Waals surface area (Å²) in [7, 11) is -1.93. The largest absolute Gasteiger partial charge is 0.350 e. The van der Waals surface area contributed by atoms with Gasteiger partial charge in [0.2, 0.25) is 0 Å². The average Bonchev–Trinajstić information content (AvgIpc) is 2.90. The van der Waals surface area contributed by atoms with Crippen LogP contribution >= 0.6 is 0 Å². The summed E-state index contributed by atoms with van der Waals surface area (Å²) in [5.41, 5.74) is 1.93. The molecule has 2 unspecified atom stereocenters. The van der Waals surface area contributed by atoms with Crippen LogP contribution in [-0.2, 0) is 0 Å². The zero-order chi connectivity index (χ0) is 21.9. The molecule has 184 valence electrons. The molecule has 32 heavy (non-hydrogen) atoms. The summed E-state index contributed by atoms with van der Waals surface area (Å²) < 4.78 is 0. The SMILES string of the molecule is N[Si](C1CCCCC1)(C1CCCCC1)C1(C2CCCCC2)CCCCC1C1CCCCC1. The predicted molar refractivity (Wildman–Crippen MR) is 141 cm³/mol. The molecular weight excluding hydrogens is 402 g/mol. The van der Waals surface area contributed by atoms with Gasteiger partial charge in [-0.2, -0.15) is 0 Å². The summed E-state index contributed by atoms with van der Waals surface area (Å²) in [4.78, 5) is 0. The van der Waals surface area contributed by atoms with Gasteiger partial charge in [-0.05, 0) is 46.7 Å². The maximum absolute atomic E-state index is 8.42. The Balaban J connectivity index is 1.61. The Hall–Kier alpha value is 0.177. The van der Waals surface area contributed by atoms with Gasteiger partial charge in [0.15, 0.2) is 0 Å². The van der Waals surface area contributed by atoms with E-state index in [1.807, 2.05) is 0 Å². The molecule has 0 aromatic carbocycles. The Labute approximate surface area is 201 Å². The maximum Gasteiger partial charge on any atom is 0.136 e. The van der Waals surface area contributed by atoms with Crippen molar-refractivity contribution in [3.05, 3.63) is 0 Å². The highest BCUT2D eigenvalue weighted by Crippen LogP contribution is 2.70. The van der Waals surface area contributed by atoms with Crippen molar-refractivity contribution in [1.82, 2.24) is 0 Å². The van der Waals surface area contributed by atoms with Gasteiger partial charge in [0.25, 0.3) is 0 Å². The molecule has 0 aromatic rings. The smallest absolute Gasteiger partial charge is 0.136 e. The van der Waals surface area contributed by atoms with Crippen molar-refractivity contribution in [2.45, 2.75) is 170 Å². The highest BCUT2D eigenvalue weighted by molar-refractivity contribution is 6.82. The fourth-order valence-electron chi connectivity index (χ4n) is 10.7. The van der Waals surface area contributed by atoms with E-state index in [1.165, 1.54) is 116 Å². The van der Waals surface area contributed by atoms with Gasteiger partial charge in [-0.1, -0.05) is 141 Å². The summed E-state index contributed by atoms with van der Waals surface area (Å²) in [5, 5.41) is 9.03. The topological polar surface area (TPSA) is 26.0 Å². The number of rotatable bonds is 5. The van der Waals surface area contributed by atoms with E-state index < -0.39 is 8.24 Å². The van der Waals surface area contributed by atoms with Crippen molar-refractivity contribution < 1.29 is 0 Å². The van der Waals surface area contributed by atoms with Gasteiger partial charge in [-0.25, -0.2) is 0 Å². The van der Waals surface area contributed by atoms with E-state index in [-0.39, 0.29) is 0 Å². The van der Waals surface area contributed by atoms with Crippen LogP contribution in [0.15, 0.2) is 0 Å². The predicted octanol–water partition coefficient (Wildman–Crippen LogP) is 9.65. The van der Waals surface area contributed by atoms with Crippen LogP contribution in [0.5, 0.6) is 0 Å². The van der Waals surface area contributed by atoms with Gasteiger partial charge in [-0.15, -0.1) is 0 Å². The Morgan fingerprint density at radius 1 is 0.469 bits per heavy atom. The van der Waals surface area contributed by atoms with Crippen LogP contribution in [0, 0.1) is 17.8 Å². The second-order valence-corrected chi connectivity index (χ2v) is 17.7. The van der Waals surface area contributed by atoms with E-state index in [1.54, 1.807) is 38.5 Å². The monoisotopic (exact) mass is 457 g/mol. The molecule has 0 aliphatic heterocycles. The first kappa shape index (κ1) is 23.9.